The molecule has 0 bridgehead atoms. The van der Waals surface area contributed by atoms with Crippen molar-refractivity contribution in [3.8, 4) is 0 Å². The molecule has 2 N–H and O–H groups in total. The van der Waals surface area contributed by atoms with Gasteiger partial charge in [0.05, 0.1) is 0 Å². The maximum atomic E-state index is 12.0. The Morgan fingerprint density at radius 1 is 1.29 bits per heavy atom. The van der Waals surface area contributed by atoms with Crippen molar-refractivity contribution in [2.75, 3.05) is 13.1 Å². The van der Waals surface area contributed by atoms with Crippen molar-refractivity contribution >= 4 is 18.3 Å². The average molecular weight is 311 g/mol. The highest BCUT2D eigenvalue weighted by molar-refractivity contribution is 5.85. The lowest BCUT2D eigenvalue weighted by Gasteiger charge is -2.32. The summed E-state index contributed by atoms with van der Waals surface area (Å²) in [7, 11) is 0. The standard InChI is InChI=1S/C17H26N2O.ClH/c1-14(18)7-8-17(20)19-11-9-16(10-12-19)13-15-5-3-2-4-6-15;/h2-6,14,16H,7-13,18H2,1H3;1H. The van der Waals surface area contributed by atoms with Crippen LogP contribution in [0.15, 0.2) is 30.3 Å². The number of likely N-dealkylation sites (tertiary alicyclic amines) is 1. The van der Waals surface area contributed by atoms with Crippen LogP contribution in [-0.4, -0.2) is 29.9 Å². The molecule has 0 aliphatic carbocycles. The molecule has 1 amide bonds. The van der Waals surface area contributed by atoms with Gasteiger partial charge in [0.25, 0.3) is 0 Å². The van der Waals surface area contributed by atoms with E-state index in [1.807, 2.05) is 11.8 Å². The van der Waals surface area contributed by atoms with Crippen LogP contribution in [0, 0.1) is 5.92 Å². The summed E-state index contributed by atoms with van der Waals surface area (Å²) in [6.45, 7) is 3.78. The van der Waals surface area contributed by atoms with Crippen LogP contribution in [0.5, 0.6) is 0 Å². The number of nitrogens with zero attached hydrogens (tertiary/aromatic N) is 1. The first-order valence-corrected chi connectivity index (χ1v) is 7.72. The summed E-state index contributed by atoms with van der Waals surface area (Å²) in [4.78, 5) is 14.1. The van der Waals surface area contributed by atoms with Gasteiger partial charge in [-0.25, -0.2) is 0 Å². The van der Waals surface area contributed by atoms with Crippen LogP contribution < -0.4 is 5.73 Å². The number of rotatable bonds is 5. The van der Waals surface area contributed by atoms with Crippen molar-refractivity contribution in [1.29, 1.82) is 0 Å². The van der Waals surface area contributed by atoms with E-state index in [0.717, 1.165) is 44.7 Å². The second kappa shape index (κ2) is 9.06. The van der Waals surface area contributed by atoms with Crippen molar-refractivity contribution in [3.63, 3.8) is 0 Å². The number of hydrogen-bond donors (Lipinski definition) is 1. The molecular weight excluding hydrogens is 284 g/mol. The third kappa shape index (κ3) is 6.06. The summed E-state index contributed by atoms with van der Waals surface area (Å²) in [6.07, 6.45) is 4.78. The molecule has 0 aromatic heterocycles. The van der Waals surface area contributed by atoms with Crippen LogP contribution in [0.1, 0.15) is 38.2 Å². The van der Waals surface area contributed by atoms with Gasteiger partial charge in [0.2, 0.25) is 5.91 Å². The summed E-state index contributed by atoms with van der Waals surface area (Å²) in [5.41, 5.74) is 7.12. The van der Waals surface area contributed by atoms with E-state index in [1.165, 1.54) is 5.56 Å². The van der Waals surface area contributed by atoms with Gasteiger partial charge in [-0.2, -0.15) is 0 Å². The Labute approximate surface area is 134 Å². The molecule has 118 valence electrons. The summed E-state index contributed by atoms with van der Waals surface area (Å²) in [5.74, 6) is 0.996. The van der Waals surface area contributed by atoms with Crippen LogP contribution in [0.4, 0.5) is 0 Å². The van der Waals surface area contributed by atoms with Gasteiger partial charge in [0, 0.05) is 25.6 Å². The second-order valence-corrected chi connectivity index (χ2v) is 6.03. The van der Waals surface area contributed by atoms with Gasteiger partial charge in [-0.1, -0.05) is 30.3 Å². The Morgan fingerprint density at radius 2 is 1.90 bits per heavy atom. The van der Waals surface area contributed by atoms with Gasteiger partial charge in [-0.15, -0.1) is 12.4 Å². The van der Waals surface area contributed by atoms with Crippen molar-refractivity contribution in [2.45, 2.75) is 45.1 Å². The zero-order chi connectivity index (χ0) is 14.4. The highest BCUT2D eigenvalue weighted by Gasteiger charge is 2.22. The number of hydrogen-bond acceptors (Lipinski definition) is 2. The van der Waals surface area contributed by atoms with Crippen LogP contribution in [-0.2, 0) is 11.2 Å². The van der Waals surface area contributed by atoms with Crippen LogP contribution in [0.25, 0.3) is 0 Å². The molecule has 0 saturated carbocycles. The van der Waals surface area contributed by atoms with E-state index in [-0.39, 0.29) is 24.4 Å². The number of benzene rings is 1. The molecule has 1 aromatic rings. The largest absolute Gasteiger partial charge is 0.343 e. The Kier molecular flexibility index (Phi) is 7.76. The van der Waals surface area contributed by atoms with Crippen LogP contribution >= 0.6 is 12.4 Å². The SMILES string of the molecule is CC(N)CCC(=O)N1CCC(Cc2ccccc2)CC1.Cl. The third-order valence-electron chi connectivity index (χ3n) is 4.15. The zero-order valence-electron chi connectivity index (χ0n) is 12.8. The molecule has 1 aromatic carbocycles. The average Bonchev–Trinajstić information content (AvgIpc) is 2.46. The molecule has 2 rings (SSSR count). The Hall–Kier alpha value is -1.06. The first kappa shape index (κ1) is 18.0. The van der Waals surface area contributed by atoms with E-state index in [9.17, 15) is 4.79 Å². The van der Waals surface area contributed by atoms with Gasteiger partial charge >= 0.3 is 0 Å². The predicted molar refractivity (Wildman–Crippen MR) is 89.6 cm³/mol. The van der Waals surface area contributed by atoms with E-state index < -0.39 is 0 Å². The van der Waals surface area contributed by atoms with Crippen molar-refractivity contribution in [1.82, 2.24) is 4.90 Å². The van der Waals surface area contributed by atoms with E-state index in [2.05, 4.69) is 30.3 Å². The maximum Gasteiger partial charge on any atom is 0.222 e. The number of piperidine rings is 1. The maximum absolute atomic E-state index is 12.0. The van der Waals surface area contributed by atoms with Gasteiger partial charge in [-0.05, 0) is 44.1 Å². The summed E-state index contributed by atoms with van der Waals surface area (Å²) in [6, 6.07) is 10.8. The molecule has 1 aliphatic rings. The fourth-order valence-corrected chi connectivity index (χ4v) is 2.84. The van der Waals surface area contributed by atoms with Crippen LogP contribution in [0.2, 0.25) is 0 Å². The molecule has 1 saturated heterocycles. The molecule has 21 heavy (non-hydrogen) atoms. The minimum absolute atomic E-state index is 0. The lowest BCUT2D eigenvalue weighted by atomic mass is 9.90. The summed E-state index contributed by atoms with van der Waals surface area (Å²) in [5, 5.41) is 0. The number of amides is 1. The van der Waals surface area contributed by atoms with E-state index in [4.69, 9.17) is 5.73 Å². The normalized spacial score (nSPS) is 17.1. The van der Waals surface area contributed by atoms with E-state index in [0.29, 0.717) is 6.42 Å². The van der Waals surface area contributed by atoms with Crippen LogP contribution in [0.3, 0.4) is 0 Å². The molecule has 1 heterocycles. The monoisotopic (exact) mass is 310 g/mol. The molecule has 1 fully saturated rings. The minimum Gasteiger partial charge on any atom is -0.343 e. The molecular formula is C17H27ClN2O. The molecule has 0 radical (unpaired) electrons. The molecule has 0 spiro atoms. The third-order valence-corrected chi connectivity index (χ3v) is 4.15. The summed E-state index contributed by atoms with van der Waals surface area (Å²) < 4.78 is 0. The predicted octanol–water partition coefficient (Wildman–Crippen LogP) is 3.02. The van der Waals surface area contributed by atoms with Crippen molar-refractivity contribution in [3.05, 3.63) is 35.9 Å². The van der Waals surface area contributed by atoms with E-state index >= 15 is 0 Å². The number of halogens is 1. The highest BCUT2D eigenvalue weighted by Crippen LogP contribution is 2.22. The Balaban J connectivity index is 0.00000220. The smallest absolute Gasteiger partial charge is 0.222 e. The van der Waals surface area contributed by atoms with Gasteiger partial charge in [-0.3, -0.25) is 4.79 Å². The first-order chi connectivity index (χ1) is 9.65. The van der Waals surface area contributed by atoms with Gasteiger partial charge < -0.3 is 10.6 Å². The molecule has 1 unspecified atom stereocenters. The minimum atomic E-state index is 0. The number of nitrogens with two attached hydrogens (primary N) is 1. The molecule has 1 aliphatic heterocycles. The van der Waals surface area contributed by atoms with Crippen molar-refractivity contribution < 1.29 is 4.79 Å². The van der Waals surface area contributed by atoms with Gasteiger partial charge in [0.15, 0.2) is 0 Å². The Bertz CT molecular complexity index is 414. The summed E-state index contributed by atoms with van der Waals surface area (Å²) >= 11 is 0. The highest BCUT2D eigenvalue weighted by atomic mass is 35.5. The first-order valence-electron chi connectivity index (χ1n) is 7.72. The Morgan fingerprint density at radius 3 is 2.48 bits per heavy atom. The fourth-order valence-electron chi connectivity index (χ4n) is 2.84. The number of carbonyl (C=O) groups is 1. The zero-order valence-corrected chi connectivity index (χ0v) is 13.6. The van der Waals surface area contributed by atoms with E-state index in [1.54, 1.807) is 0 Å². The topological polar surface area (TPSA) is 46.3 Å². The number of carbonyl (C=O) groups excluding carboxylic acids is 1. The van der Waals surface area contributed by atoms with Crippen molar-refractivity contribution in [2.24, 2.45) is 11.7 Å². The molecule has 4 heteroatoms. The molecule has 1 atom stereocenters. The lowest BCUT2D eigenvalue weighted by molar-refractivity contribution is -0.132. The molecule has 3 nitrogen and oxygen atoms in total. The lowest BCUT2D eigenvalue weighted by Crippen LogP contribution is -2.39. The fraction of sp³-hybridized carbons (Fsp3) is 0.588. The second-order valence-electron chi connectivity index (χ2n) is 6.03. The quantitative estimate of drug-likeness (QED) is 0.908. The van der Waals surface area contributed by atoms with Gasteiger partial charge in [0.1, 0.15) is 0 Å².